The Morgan fingerprint density at radius 3 is 2.56 bits per heavy atom. The first-order valence-electron chi connectivity index (χ1n) is 10.7. The van der Waals surface area contributed by atoms with Crippen molar-refractivity contribution in [1.82, 2.24) is 4.98 Å². The van der Waals surface area contributed by atoms with E-state index >= 15 is 0 Å². The van der Waals surface area contributed by atoms with Crippen molar-refractivity contribution in [3.8, 4) is 11.8 Å². The number of rotatable bonds is 10. The molecular weight excluding hydrogens is 402 g/mol. The quantitative estimate of drug-likeness (QED) is 0.455. The molecule has 1 atom stereocenters. The van der Waals surface area contributed by atoms with Crippen LogP contribution in [0.4, 0.5) is 5.69 Å². The summed E-state index contributed by atoms with van der Waals surface area (Å²) in [6, 6.07) is 17.4. The summed E-state index contributed by atoms with van der Waals surface area (Å²) in [5, 5.41) is 22.2. The molecule has 0 fully saturated rings. The average Bonchev–Trinajstić information content (AvgIpc) is 2.82. The number of nitrogens with one attached hydrogen (secondary N) is 1. The molecule has 6 nitrogen and oxygen atoms in total. The second-order valence-electron chi connectivity index (χ2n) is 7.49. The summed E-state index contributed by atoms with van der Waals surface area (Å²) in [5.74, 6) is -0.420. The Bertz CT molecular complexity index is 1090. The van der Waals surface area contributed by atoms with Gasteiger partial charge in [-0.3, -0.25) is 4.98 Å². The number of nitriles is 1. The topological polar surface area (TPSA) is 95.2 Å². The molecule has 1 aromatic heterocycles. The van der Waals surface area contributed by atoms with E-state index in [1.807, 2.05) is 31.2 Å². The molecule has 0 saturated heterocycles. The van der Waals surface area contributed by atoms with Gasteiger partial charge in [-0.25, -0.2) is 4.79 Å². The summed E-state index contributed by atoms with van der Waals surface area (Å²) in [5.41, 5.74) is 4.53. The normalized spacial score (nSPS) is 11.4. The molecule has 6 heteroatoms. The van der Waals surface area contributed by atoms with E-state index < -0.39 is 12.0 Å². The minimum absolute atomic E-state index is 0.249. The molecule has 0 unspecified atom stereocenters. The standard InChI is InChI=1S/C26H27N3O3/c1-3-7-20-14-18(4-2)15-23(25(20)32-17-22-8-5-6-13-28-22)24(26(30)31)29-21-11-9-19(16-27)10-12-21/h5-6,8-15,24,29H,3-4,7,17H2,1-2H3,(H,30,31)/t24-/m1/s1. The van der Waals surface area contributed by atoms with Crippen LogP contribution in [0.1, 0.15) is 54.3 Å². The van der Waals surface area contributed by atoms with Gasteiger partial charge in [0.05, 0.1) is 17.3 Å². The van der Waals surface area contributed by atoms with E-state index in [4.69, 9.17) is 10.00 Å². The van der Waals surface area contributed by atoms with Crippen LogP contribution in [0.25, 0.3) is 0 Å². The highest BCUT2D eigenvalue weighted by atomic mass is 16.5. The maximum absolute atomic E-state index is 12.3. The fraction of sp³-hybridized carbons (Fsp3) is 0.269. The smallest absolute Gasteiger partial charge is 0.330 e. The zero-order valence-corrected chi connectivity index (χ0v) is 18.3. The number of carboxylic acids is 1. The van der Waals surface area contributed by atoms with Crippen molar-refractivity contribution in [2.45, 2.75) is 45.8 Å². The van der Waals surface area contributed by atoms with Crippen LogP contribution in [0, 0.1) is 11.3 Å². The molecule has 0 aliphatic rings. The monoisotopic (exact) mass is 429 g/mol. The van der Waals surface area contributed by atoms with Gasteiger partial charge in [-0.15, -0.1) is 0 Å². The molecule has 2 N–H and O–H groups in total. The van der Waals surface area contributed by atoms with Crippen molar-refractivity contribution in [1.29, 1.82) is 5.26 Å². The van der Waals surface area contributed by atoms with Crippen LogP contribution in [-0.4, -0.2) is 16.1 Å². The molecule has 0 aliphatic carbocycles. The molecule has 3 aromatic rings. The van der Waals surface area contributed by atoms with Crippen molar-refractivity contribution in [2.75, 3.05) is 5.32 Å². The first-order valence-corrected chi connectivity index (χ1v) is 10.7. The number of carbonyl (C=O) groups is 1. The van der Waals surface area contributed by atoms with Gasteiger partial charge in [-0.2, -0.15) is 5.26 Å². The van der Waals surface area contributed by atoms with E-state index in [9.17, 15) is 9.90 Å². The van der Waals surface area contributed by atoms with Gasteiger partial charge in [0.25, 0.3) is 0 Å². The third-order valence-corrected chi connectivity index (χ3v) is 5.16. The van der Waals surface area contributed by atoms with Crippen molar-refractivity contribution in [2.24, 2.45) is 0 Å². The third-order valence-electron chi connectivity index (χ3n) is 5.16. The lowest BCUT2D eigenvalue weighted by molar-refractivity contribution is -0.138. The lowest BCUT2D eigenvalue weighted by atomic mass is 9.95. The summed E-state index contributed by atoms with van der Waals surface area (Å²) < 4.78 is 6.20. The number of benzene rings is 2. The fourth-order valence-electron chi connectivity index (χ4n) is 3.54. The van der Waals surface area contributed by atoms with Gasteiger partial charge in [0.1, 0.15) is 12.4 Å². The van der Waals surface area contributed by atoms with Gasteiger partial charge in [0.2, 0.25) is 0 Å². The molecular formula is C26H27N3O3. The minimum atomic E-state index is -1.01. The van der Waals surface area contributed by atoms with E-state index in [1.54, 1.807) is 30.5 Å². The van der Waals surface area contributed by atoms with E-state index in [2.05, 4.69) is 29.4 Å². The predicted molar refractivity (Wildman–Crippen MR) is 124 cm³/mol. The van der Waals surface area contributed by atoms with Crippen LogP contribution in [0.15, 0.2) is 60.8 Å². The number of hydrogen-bond donors (Lipinski definition) is 2. The van der Waals surface area contributed by atoms with Crippen LogP contribution in [0.3, 0.4) is 0 Å². The van der Waals surface area contributed by atoms with E-state index in [1.165, 1.54) is 0 Å². The van der Waals surface area contributed by atoms with Crippen LogP contribution < -0.4 is 10.1 Å². The Balaban J connectivity index is 2.03. The van der Waals surface area contributed by atoms with Gasteiger partial charge in [0.15, 0.2) is 6.04 Å². The summed E-state index contributed by atoms with van der Waals surface area (Å²) in [6.45, 7) is 4.39. The Labute approximate surface area is 188 Å². The largest absolute Gasteiger partial charge is 0.487 e. The lowest BCUT2D eigenvalue weighted by Gasteiger charge is -2.23. The van der Waals surface area contributed by atoms with Gasteiger partial charge in [-0.05, 0) is 66.4 Å². The first-order chi connectivity index (χ1) is 15.5. The molecule has 0 aliphatic heterocycles. The van der Waals surface area contributed by atoms with E-state index in [0.29, 0.717) is 22.6 Å². The molecule has 0 bridgehead atoms. The third kappa shape index (κ3) is 5.64. The number of nitrogens with zero attached hydrogens (tertiary/aromatic N) is 2. The molecule has 1 heterocycles. The van der Waals surface area contributed by atoms with Crippen molar-refractivity contribution in [3.63, 3.8) is 0 Å². The van der Waals surface area contributed by atoms with Crippen LogP contribution in [0.5, 0.6) is 5.75 Å². The highest BCUT2D eigenvalue weighted by Gasteiger charge is 2.26. The minimum Gasteiger partial charge on any atom is -0.487 e. The number of pyridine rings is 1. The summed E-state index contributed by atoms with van der Waals surface area (Å²) in [4.78, 5) is 16.7. The molecule has 164 valence electrons. The zero-order chi connectivity index (χ0) is 22.9. The molecule has 0 saturated carbocycles. The predicted octanol–water partition coefficient (Wildman–Crippen LogP) is 5.28. The fourth-order valence-corrected chi connectivity index (χ4v) is 3.54. The number of ether oxygens (including phenoxy) is 1. The SMILES string of the molecule is CCCc1cc(CC)cc([C@@H](Nc2ccc(C#N)cc2)C(=O)O)c1OCc1ccccn1. The lowest BCUT2D eigenvalue weighted by Crippen LogP contribution is -2.22. The van der Waals surface area contributed by atoms with Gasteiger partial charge in [0, 0.05) is 17.4 Å². The zero-order valence-electron chi connectivity index (χ0n) is 18.3. The van der Waals surface area contributed by atoms with Crippen molar-refractivity contribution < 1.29 is 14.6 Å². The summed E-state index contributed by atoms with van der Waals surface area (Å²) >= 11 is 0. The van der Waals surface area contributed by atoms with Crippen molar-refractivity contribution >= 4 is 11.7 Å². The highest BCUT2D eigenvalue weighted by Crippen LogP contribution is 2.35. The Morgan fingerprint density at radius 1 is 1.19 bits per heavy atom. The second kappa shape index (κ2) is 11.0. The van der Waals surface area contributed by atoms with Gasteiger partial charge >= 0.3 is 5.97 Å². The van der Waals surface area contributed by atoms with Crippen molar-refractivity contribution in [3.05, 3.63) is 88.7 Å². The number of hydrogen-bond acceptors (Lipinski definition) is 5. The Morgan fingerprint density at radius 2 is 1.97 bits per heavy atom. The maximum atomic E-state index is 12.3. The molecule has 0 spiro atoms. The van der Waals surface area contributed by atoms with Gasteiger partial charge in [-0.1, -0.05) is 32.4 Å². The molecule has 2 aromatic carbocycles. The summed E-state index contributed by atoms with van der Waals surface area (Å²) in [7, 11) is 0. The van der Waals surface area contributed by atoms with E-state index in [0.717, 1.165) is 36.1 Å². The maximum Gasteiger partial charge on any atom is 0.330 e. The highest BCUT2D eigenvalue weighted by molar-refractivity contribution is 5.81. The second-order valence-corrected chi connectivity index (χ2v) is 7.49. The molecule has 3 rings (SSSR count). The number of aliphatic carboxylic acids is 1. The first kappa shape index (κ1) is 22.8. The van der Waals surface area contributed by atoms with Crippen LogP contribution >= 0.6 is 0 Å². The van der Waals surface area contributed by atoms with Crippen LogP contribution in [-0.2, 0) is 24.2 Å². The van der Waals surface area contributed by atoms with Crippen LogP contribution in [0.2, 0.25) is 0 Å². The number of carboxylic acid groups (broad SMARTS) is 1. The summed E-state index contributed by atoms with van der Waals surface area (Å²) in [6.07, 6.45) is 4.18. The number of aromatic nitrogens is 1. The average molecular weight is 430 g/mol. The Kier molecular flexibility index (Phi) is 7.82. The molecule has 0 radical (unpaired) electrons. The number of aryl methyl sites for hydroxylation is 2. The molecule has 32 heavy (non-hydrogen) atoms. The molecule has 0 amide bonds. The number of anilines is 1. The Hall–Kier alpha value is -3.85. The van der Waals surface area contributed by atoms with E-state index in [-0.39, 0.29) is 6.61 Å². The van der Waals surface area contributed by atoms with Gasteiger partial charge < -0.3 is 15.2 Å².